The second-order valence-corrected chi connectivity index (χ2v) is 8.42. The SMILES string of the molecule is CCOc1ccc(OCC(F)(F)Oc2ccc(-c3ccc(-c4ccc(OCC)c(F)c4F)cc3)cc2)c(F)c1F. The first-order valence-corrected chi connectivity index (χ1v) is 12.3. The van der Waals surface area contributed by atoms with Crippen LogP contribution < -0.4 is 18.9 Å². The number of ether oxygens (including phenoxy) is 4. The summed E-state index contributed by atoms with van der Waals surface area (Å²) in [5.41, 5.74) is 1.83. The van der Waals surface area contributed by atoms with Crippen molar-refractivity contribution in [1.29, 1.82) is 0 Å². The summed E-state index contributed by atoms with van der Waals surface area (Å²) in [6.45, 7) is 2.17. The van der Waals surface area contributed by atoms with Crippen LogP contribution in [0.3, 0.4) is 0 Å². The van der Waals surface area contributed by atoms with Crippen LogP contribution in [0.25, 0.3) is 22.3 Å². The number of alkyl halides is 2. The summed E-state index contributed by atoms with van der Waals surface area (Å²) in [5, 5.41) is 0. The van der Waals surface area contributed by atoms with E-state index in [0.717, 1.165) is 12.1 Å². The second kappa shape index (κ2) is 12.2. The Morgan fingerprint density at radius 3 is 1.48 bits per heavy atom. The lowest BCUT2D eigenvalue weighted by Crippen LogP contribution is -2.32. The molecule has 4 aromatic rings. The third-order valence-corrected chi connectivity index (χ3v) is 5.70. The van der Waals surface area contributed by atoms with Gasteiger partial charge in [0.15, 0.2) is 29.7 Å². The van der Waals surface area contributed by atoms with Gasteiger partial charge < -0.3 is 18.9 Å². The van der Waals surface area contributed by atoms with Crippen LogP contribution in [-0.4, -0.2) is 25.9 Å². The van der Waals surface area contributed by atoms with Gasteiger partial charge >= 0.3 is 6.11 Å². The van der Waals surface area contributed by atoms with E-state index in [0.29, 0.717) is 16.7 Å². The van der Waals surface area contributed by atoms with Crippen LogP contribution in [0, 0.1) is 23.3 Å². The normalized spacial score (nSPS) is 11.3. The van der Waals surface area contributed by atoms with Gasteiger partial charge in [-0.25, -0.2) is 4.39 Å². The molecule has 4 aromatic carbocycles. The molecule has 0 aliphatic carbocycles. The van der Waals surface area contributed by atoms with Crippen molar-refractivity contribution >= 4 is 0 Å². The van der Waals surface area contributed by atoms with Crippen molar-refractivity contribution in [3.63, 3.8) is 0 Å². The van der Waals surface area contributed by atoms with Crippen molar-refractivity contribution < 1.29 is 45.3 Å². The zero-order valence-electron chi connectivity index (χ0n) is 21.5. The Morgan fingerprint density at radius 2 is 0.950 bits per heavy atom. The summed E-state index contributed by atoms with van der Waals surface area (Å²) in [6, 6.07) is 17.1. The highest BCUT2D eigenvalue weighted by Gasteiger charge is 2.34. The van der Waals surface area contributed by atoms with Gasteiger partial charge in [-0.05, 0) is 66.9 Å². The van der Waals surface area contributed by atoms with Gasteiger partial charge in [-0.1, -0.05) is 36.4 Å². The van der Waals surface area contributed by atoms with Gasteiger partial charge in [-0.15, -0.1) is 0 Å². The number of benzene rings is 4. The molecule has 0 aromatic heterocycles. The lowest BCUT2D eigenvalue weighted by molar-refractivity contribution is -0.195. The van der Waals surface area contributed by atoms with Gasteiger partial charge in [-0.2, -0.15) is 22.0 Å². The van der Waals surface area contributed by atoms with Gasteiger partial charge in [-0.3, -0.25) is 0 Å². The van der Waals surface area contributed by atoms with Gasteiger partial charge in [0.05, 0.1) is 13.2 Å². The van der Waals surface area contributed by atoms with Gasteiger partial charge in [0.25, 0.3) is 0 Å². The molecule has 0 amide bonds. The Morgan fingerprint density at radius 1 is 0.525 bits per heavy atom. The Bertz CT molecular complexity index is 1460. The Balaban J connectivity index is 1.41. The number of hydrogen-bond acceptors (Lipinski definition) is 4. The van der Waals surface area contributed by atoms with Gasteiger partial charge in [0.1, 0.15) is 5.75 Å². The maximum atomic E-state index is 14.5. The molecule has 0 unspecified atom stereocenters. The van der Waals surface area contributed by atoms with Crippen LogP contribution in [0.2, 0.25) is 0 Å². The van der Waals surface area contributed by atoms with E-state index >= 15 is 0 Å². The fourth-order valence-electron chi connectivity index (χ4n) is 3.84. The standard InChI is InChI=1S/C30H24F6O4/c1-3-37-23-14-13-22(26(31)27(23)32)20-7-5-18(6-8-20)19-9-11-21(12-10-19)40-30(35,36)17-39-25-16-15-24(38-4-2)28(33)29(25)34/h5-16H,3-4,17H2,1-2H3. The first-order chi connectivity index (χ1) is 19.1. The summed E-state index contributed by atoms with van der Waals surface area (Å²) in [4.78, 5) is 0. The van der Waals surface area contributed by atoms with E-state index < -0.39 is 41.7 Å². The fraction of sp³-hybridized carbons (Fsp3) is 0.200. The molecule has 0 bridgehead atoms. The summed E-state index contributed by atoms with van der Waals surface area (Å²) in [6.07, 6.45) is -3.86. The zero-order valence-corrected chi connectivity index (χ0v) is 21.5. The van der Waals surface area contributed by atoms with Crippen molar-refractivity contribution in [2.75, 3.05) is 19.8 Å². The molecule has 0 spiro atoms. The summed E-state index contributed by atoms with van der Waals surface area (Å²) in [7, 11) is 0. The first kappa shape index (κ1) is 28.7. The zero-order chi connectivity index (χ0) is 28.9. The number of halogens is 6. The molecule has 0 saturated carbocycles. The summed E-state index contributed by atoms with van der Waals surface area (Å²) < 4.78 is 105. The van der Waals surface area contributed by atoms with Crippen LogP contribution >= 0.6 is 0 Å². The molecular formula is C30H24F6O4. The van der Waals surface area contributed by atoms with E-state index in [1.54, 1.807) is 38.1 Å². The molecule has 0 radical (unpaired) electrons. The Hall–Kier alpha value is -4.34. The first-order valence-electron chi connectivity index (χ1n) is 12.3. The highest BCUT2D eigenvalue weighted by Crippen LogP contribution is 2.33. The Labute approximate surface area is 226 Å². The average molecular weight is 563 g/mol. The van der Waals surface area contributed by atoms with E-state index in [1.807, 2.05) is 0 Å². The molecule has 0 atom stereocenters. The third-order valence-electron chi connectivity index (χ3n) is 5.70. The number of hydrogen-bond donors (Lipinski definition) is 0. The van der Waals surface area contributed by atoms with E-state index in [9.17, 15) is 26.3 Å². The van der Waals surface area contributed by atoms with Crippen LogP contribution in [0.1, 0.15) is 13.8 Å². The molecule has 4 nitrogen and oxygen atoms in total. The Kier molecular flexibility index (Phi) is 8.77. The lowest BCUT2D eigenvalue weighted by Gasteiger charge is -2.19. The highest BCUT2D eigenvalue weighted by atomic mass is 19.3. The average Bonchev–Trinajstić information content (AvgIpc) is 2.94. The molecule has 0 aliphatic rings. The van der Waals surface area contributed by atoms with Crippen molar-refractivity contribution in [1.82, 2.24) is 0 Å². The molecule has 210 valence electrons. The third kappa shape index (κ3) is 6.44. The lowest BCUT2D eigenvalue weighted by atomic mass is 9.99. The van der Waals surface area contributed by atoms with Crippen molar-refractivity contribution in [2.45, 2.75) is 20.0 Å². The minimum absolute atomic E-state index is 0.0635. The van der Waals surface area contributed by atoms with E-state index in [2.05, 4.69) is 4.74 Å². The number of rotatable bonds is 11. The highest BCUT2D eigenvalue weighted by molar-refractivity contribution is 5.71. The predicted molar refractivity (Wildman–Crippen MR) is 137 cm³/mol. The molecule has 10 heteroatoms. The van der Waals surface area contributed by atoms with Crippen molar-refractivity contribution in [2.24, 2.45) is 0 Å². The molecule has 0 heterocycles. The second-order valence-electron chi connectivity index (χ2n) is 8.42. The molecule has 0 saturated heterocycles. The summed E-state index contributed by atoms with van der Waals surface area (Å²) in [5.74, 6) is -6.33. The molecule has 0 aliphatic heterocycles. The molecule has 0 fully saturated rings. The minimum Gasteiger partial charge on any atom is -0.491 e. The maximum Gasteiger partial charge on any atom is 0.432 e. The largest absolute Gasteiger partial charge is 0.491 e. The summed E-state index contributed by atoms with van der Waals surface area (Å²) >= 11 is 0. The van der Waals surface area contributed by atoms with E-state index in [4.69, 9.17) is 14.2 Å². The fourth-order valence-corrected chi connectivity index (χ4v) is 3.84. The van der Waals surface area contributed by atoms with Crippen LogP contribution in [0.4, 0.5) is 26.3 Å². The maximum absolute atomic E-state index is 14.5. The smallest absolute Gasteiger partial charge is 0.432 e. The van der Waals surface area contributed by atoms with Gasteiger partial charge in [0, 0.05) is 5.56 Å². The molecular weight excluding hydrogens is 538 g/mol. The molecule has 0 N–H and O–H groups in total. The van der Waals surface area contributed by atoms with Crippen molar-refractivity contribution in [3.8, 4) is 45.3 Å². The van der Waals surface area contributed by atoms with Gasteiger partial charge in [0.2, 0.25) is 17.5 Å². The van der Waals surface area contributed by atoms with Crippen LogP contribution in [0.15, 0.2) is 72.8 Å². The minimum atomic E-state index is -3.86. The topological polar surface area (TPSA) is 36.9 Å². The monoisotopic (exact) mass is 562 g/mol. The van der Waals surface area contributed by atoms with Crippen LogP contribution in [0.5, 0.6) is 23.0 Å². The quantitative estimate of drug-likeness (QED) is 0.172. The predicted octanol–water partition coefficient (Wildman–Crippen LogP) is 8.43. The van der Waals surface area contributed by atoms with E-state index in [-0.39, 0.29) is 36.0 Å². The molecule has 4 rings (SSSR count). The van der Waals surface area contributed by atoms with E-state index in [1.165, 1.54) is 36.4 Å². The van der Waals surface area contributed by atoms with Crippen molar-refractivity contribution in [3.05, 3.63) is 96.1 Å². The molecule has 40 heavy (non-hydrogen) atoms. The van der Waals surface area contributed by atoms with Crippen LogP contribution in [-0.2, 0) is 0 Å².